The Morgan fingerprint density at radius 3 is 2.57 bits per heavy atom. The maximum atomic E-state index is 12.5. The highest BCUT2D eigenvalue weighted by molar-refractivity contribution is 5.95. The lowest BCUT2D eigenvalue weighted by Crippen LogP contribution is -2.37. The molecule has 0 spiro atoms. The van der Waals surface area contributed by atoms with E-state index in [2.05, 4.69) is 29.5 Å². The molecule has 0 atom stereocenters. The van der Waals surface area contributed by atoms with Gasteiger partial charge in [-0.05, 0) is 57.1 Å². The zero-order chi connectivity index (χ0) is 15.2. The quantitative estimate of drug-likeness (QED) is 0.873. The van der Waals surface area contributed by atoms with Crippen LogP contribution < -0.4 is 10.6 Å². The maximum absolute atomic E-state index is 12.5. The zero-order valence-electron chi connectivity index (χ0n) is 13.4. The van der Waals surface area contributed by atoms with Crippen LogP contribution in [0.2, 0.25) is 0 Å². The number of anilines is 1. The van der Waals surface area contributed by atoms with Gasteiger partial charge in [-0.1, -0.05) is 13.8 Å². The first-order valence-corrected chi connectivity index (χ1v) is 8.18. The fourth-order valence-electron chi connectivity index (χ4n) is 2.84. The summed E-state index contributed by atoms with van der Waals surface area (Å²) in [4.78, 5) is 16.9. The Morgan fingerprint density at radius 2 is 1.95 bits per heavy atom. The predicted octanol–water partition coefficient (Wildman–Crippen LogP) is 3.38. The second-order valence-corrected chi connectivity index (χ2v) is 6.05. The molecule has 21 heavy (non-hydrogen) atoms. The summed E-state index contributed by atoms with van der Waals surface area (Å²) in [7, 11) is 0. The molecular formula is C17H27N3O. The smallest absolute Gasteiger partial charge is 0.251 e. The summed E-state index contributed by atoms with van der Waals surface area (Å²) < 4.78 is 0. The molecule has 1 amide bonds. The lowest BCUT2D eigenvalue weighted by atomic mass is 9.87. The summed E-state index contributed by atoms with van der Waals surface area (Å²) in [5.41, 5.74) is 1.67. The molecule has 1 aromatic rings. The average molecular weight is 289 g/mol. The molecule has 0 saturated heterocycles. The molecule has 0 bridgehead atoms. The topological polar surface area (TPSA) is 54.0 Å². The van der Waals surface area contributed by atoms with Crippen molar-refractivity contribution in [3.63, 3.8) is 0 Å². The molecule has 0 aliphatic heterocycles. The van der Waals surface area contributed by atoms with Gasteiger partial charge in [-0.15, -0.1) is 0 Å². The van der Waals surface area contributed by atoms with E-state index in [0.717, 1.165) is 48.8 Å². The summed E-state index contributed by atoms with van der Waals surface area (Å²) in [5.74, 6) is 1.62. The predicted molar refractivity (Wildman–Crippen MR) is 86.7 cm³/mol. The van der Waals surface area contributed by atoms with Crippen LogP contribution in [-0.4, -0.2) is 23.5 Å². The van der Waals surface area contributed by atoms with Crippen molar-refractivity contribution in [1.29, 1.82) is 0 Å². The third-order valence-electron chi connectivity index (χ3n) is 4.21. The largest absolute Gasteiger partial charge is 0.370 e. The van der Waals surface area contributed by atoms with E-state index < -0.39 is 0 Å². The molecular weight excluding hydrogens is 262 g/mol. The van der Waals surface area contributed by atoms with Gasteiger partial charge in [-0.25, -0.2) is 4.98 Å². The number of carbonyl (C=O) groups is 1. The fourth-order valence-corrected chi connectivity index (χ4v) is 2.84. The summed E-state index contributed by atoms with van der Waals surface area (Å²) >= 11 is 0. The monoisotopic (exact) mass is 289 g/mol. The molecule has 1 aromatic heterocycles. The molecule has 1 aliphatic carbocycles. The standard InChI is InChI=1S/C17H27N3O/c1-4-14-10-13(11-16(19-14)18-5-2)17(21)20-15-8-6-12(3)7-9-15/h10-12,15H,4-9H2,1-3H3,(H,18,19)(H,20,21). The second-order valence-electron chi connectivity index (χ2n) is 6.05. The van der Waals surface area contributed by atoms with E-state index in [1.54, 1.807) is 0 Å². The highest BCUT2D eigenvalue weighted by Gasteiger charge is 2.20. The molecule has 2 rings (SSSR count). The Kier molecular flexibility index (Phi) is 5.59. The number of carbonyl (C=O) groups excluding carboxylic acids is 1. The number of nitrogens with one attached hydrogen (secondary N) is 2. The number of hydrogen-bond donors (Lipinski definition) is 2. The van der Waals surface area contributed by atoms with Crippen molar-refractivity contribution in [3.8, 4) is 0 Å². The van der Waals surface area contributed by atoms with Crippen LogP contribution in [0.25, 0.3) is 0 Å². The van der Waals surface area contributed by atoms with Crippen LogP contribution in [0.5, 0.6) is 0 Å². The first-order valence-electron chi connectivity index (χ1n) is 8.18. The van der Waals surface area contributed by atoms with Gasteiger partial charge in [0.2, 0.25) is 0 Å². The van der Waals surface area contributed by atoms with Crippen molar-refractivity contribution >= 4 is 11.7 Å². The lowest BCUT2D eigenvalue weighted by molar-refractivity contribution is 0.0923. The van der Waals surface area contributed by atoms with E-state index in [9.17, 15) is 4.79 Å². The van der Waals surface area contributed by atoms with E-state index in [-0.39, 0.29) is 5.91 Å². The minimum absolute atomic E-state index is 0.0332. The Balaban J connectivity index is 2.05. The lowest BCUT2D eigenvalue weighted by Gasteiger charge is -2.27. The molecule has 1 saturated carbocycles. The number of aryl methyl sites for hydroxylation is 1. The second kappa shape index (κ2) is 7.43. The van der Waals surface area contributed by atoms with Crippen molar-refractivity contribution < 1.29 is 4.79 Å². The summed E-state index contributed by atoms with van der Waals surface area (Å²) in [6.45, 7) is 7.18. The Bertz CT molecular complexity index is 479. The van der Waals surface area contributed by atoms with Gasteiger partial charge in [0.1, 0.15) is 5.82 Å². The third-order valence-corrected chi connectivity index (χ3v) is 4.21. The fraction of sp³-hybridized carbons (Fsp3) is 0.647. The normalized spacial score (nSPS) is 21.9. The summed E-state index contributed by atoms with van der Waals surface area (Å²) in [6.07, 6.45) is 5.45. The SMILES string of the molecule is CCNc1cc(C(=O)NC2CCC(C)CC2)cc(CC)n1. The summed E-state index contributed by atoms with van der Waals surface area (Å²) in [5, 5.41) is 6.38. The van der Waals surface area contributed by atoms with Gasteiger partial charge in [0.15, 0.2) is 0 Å². The van der Waals surface area contributed by atoms with E-state index in [1.165, 1.54) is 12.8 Å². The van der Waals surface area contributed by atoms with E-state index >= 15 is 0 Å². The Hall–Kier alpha value is -1.58. The van der Waals surface area contributed by atoms with Gasteiger partial charge in [-0.2, -0.15) is 0 Å². The molecule has 4 nitrogen and oxygen atoms in total. The molecule has 2 N–H and O–H groups in total. The summed E-state index contributed by atoms with van der Waals surface area (Å²) in [6, 6.07) is 4.08. The average Bonchev–Trinajstić information content (AvgIpc) is 2.49. The minimum atomic E-state index is 0.0332. The van der Waals surface area contributed by atoms with E-state index in [1.807, 2.05) is 19.1 Å². The van der Waals surface area contributed by atoms with Crippen LogP contribution in [-0.2, 0) is 6.42 Å². The van der Waals surface area contributed by atoms with Crippen molar-refractivity contribution in [2.75, 3.05) is 11.9 Å². The maximum Gasteiger partial charge on any atom is 0.251 e. The molecule has 0 radical (unpaired) electrons. The van der Waals surface area contributed by atoms with Crippen LogP contribution in [0, 0.1) is 5.92 Å². The molecule has 1 fully saturated rings. The molecule has 4 heteroatoms. The van der Waals surface area contributed by atoms with Crippen LogP contribution in [0.3, 0.4) is 0 Å². The van der Waals surface area contributed by atoms with E-state index in [4.69, 9.17) is 0 Å². The van der Waals surface area contributed by atoms with Crippen LogP contribution in [0.15, 0.2) is 12.1 Å². The van der Waals surface area contributed by atoms with Crippen molar-refractivity contribution in [1.82, 2.24) is 10.3 Å². The Morgan fingerprint density at radius 1 is 1.24 bits per heavy atom. The first-order chi connectivity index (χ1) is 10.1. The van der Waals surface area contributed by atoms with Gasteiger partial charge < -0.3 is 10.6 Å². The van der Waals surface area contributed by atoms with Crippen molar-refractivity contribution in [3.05, 3.63) is 23.4 Å². The van der Waals surface area contributed by atoms with Crippen molar-refractivity contribution in [2.24, 2.45) is 5.92 Å². The van der Waals surface area contributed by atoms with Crippen molar-refractivity contribution in [2.45, 2.75) is 58.9 Å². The van der Waals surface area contributed by atoms with Gasteiger partial charge in [0, 0.05) is 23.8 Å². The molecule has 116 valence electrons. The van der Waals surface area contributed by atoms with E-state index in [0.29, 0.717) is 6.04 Å². The third kappa shape index (κ3) is 4.45. The number of hydrogen-bond acceptors (Lipinski definition) is 3. The van der Waals surface area contributed by atoms with Gasteiger partial charge in [0.05, 0.1) is 0 Å². The Labute approximate surface area is 127 Å². The number of aromatic nitrogens is 1. The number of rotatable bonds is 5. The van der Waals surface area contributed by atoms with Gasteiger partial charge in [-0.3, -0.25) is 4.79 Å². The van der Waals surface area contributed by atoms with Gasteiger partial charge >= 0.3 is 0 Å². The number of pyridine rings is 1. The minimum Gasteiger partial charge on any atom is -0.370 e. The first kappa shape index (κ1) is 15.8. The molecule has 0 unspecified atom stereocenters. The molecule has 1 heterocycles. The highest BCUT2D eigenvalue weighted by atomic mass is 16.1. The number of amides is 1. The zero-order valence-corrected chi connectivity index (χ0v) is 13.4. The van der Waals surface area contributed by atoms with Crippen LogP contribution >= 0.6 is 0 Å². The highest BCUT2D eigenvalue weighted by Crippen LogP contribution is 2.23. The molecule has 0 aromatic carbocycles. The van der Waals surface area contributed by atoms with Gasteiger partial charge in [0.25, 0.3) is 5.91 Å². The van der Waals surface area contributed by atoms with Crippen LogP contribution in [0.1, 0.15) is 62.5 Å². The van der Waals surface area contributed by atoms with Crippen LogP contribution in [0.4, 0.5) is 5.82 Å². The molecule has 1 aliphatic rings. The number of nitrogens with zero attached hydrogens (tertiary/aromatic N) is 1.